The fraction of sp³-hybridized carbons (Fsp3) is 0.364. The predicted molar refractivity (Wildman–Crippen MR) is 119 cm³/mol. The summed E-state index contributed by atoms with van der Waals surface area (Å²) in [7, 11) is 0. The van der Waals surface area contributed by atoms with Crippen molar-refractivity contribution >= 4 is 35.8 Å². The van der Waals surface area contributed by atoms with Crippen molar-refractivity contribution in [2.24, 2.45) is 5.92 Å². The minimum Gasteiger partial charge on any atom is -0.350 e. The van der Waals surface area contributed by atoms with Crippen LogP contribution in [0.2, 0.25) is 5.02 Å². The molecular weight excluding hydrogens is 409 g/mol. The monoisotopic (exact) mass is 435 g/mol. The van der Waals surface area contributed by atoms with Crippen LogP contribution >= 0.6 is 24.0 Å². The number of hydrogen-bond donors (Lipinski definition) is 3. The lowest BCUT2D eigenvalue weighted by atomic mass is 9.94. The Kier molecular flexibility index (Phi) is 8.96. The lowest BCUT2D eigenvalue weighted by Crippen LogP contribution is -2.56. The molecule has 0 aliphatic carbocycles. The molecule has 3 N–H and O–H groups in total. The van der Waals surface area contributed by atoms with Crippen LogP contribution in [0.1, 0.15) is 29.3 Å². The first-order chi connectivity index (χ1) is 13.5. The average Bonchev–Trinajstić information content (AvgIpc) is 2.70. The number of halogens is 2. The minimum absolute atomic E-state index is 0. The van der Waals surface area contributed by atoms with Gasteiger partial charge in [-0.3, -0.25) is 9.59 Å². The topological polar surface area (TPSA) is 70.2 Å². The van der Waals surface area contributed by atoms with Gasteiger partial charge in [0.2, 0.25) is 5.91 Å². The van der Waals surface area contributed by atoms with E-state index in [1.807, 2.05) is 30.3 Å². The zero-order chi connectivity index (χ0) is 19.9. The van der Waals surface area contributed by atoms with Crippen LogP contribution in [0.15, 0.2) is 54.6 Å². The number of amides is 2. The van der Waals surface area contributed by atoms with Gasteiger partial charge < -0.3 is 16.0 Å². The Hall–Kier alpha value is -2.08. The molecule has 1 fully saturated rings. The number of piperidine rings is 1. The molecule has 2 amide bonds. The highest BCUT2D eigenvalue weighted by molar-refractivity contribution is 6.30. The summed E-state index contributed by atoms with van der Waals surface area (Å²) in [5.41, 5.74) is 1.47. The van der Waals surface area contributed by atoms with Gasteiger partial charge in [0.05, 0.1) is 0 Å². The molecule has 2 aromatic rings. The summed E-state index contributed by atoms with van der Waals surface area (Å²) in [6.07, 6.45) is 1.45. The predicted octanol–water partition coefficient (Wildman–Crippen LogP) is 3.22. The highest BCUT2D eigenvalue weighted by Crippen LogP contribution is 2.13. The molecule has 0 bridgehead atoms. The molecule has 5 nitrogen and oxygen atoms in total. The van der Waals surface area contributed by atoms with Gasteiger partial charge in [0.25, 0.3) is 5.91 Å². The molecule has 1 aliphatic heterocycles. The molecule has 0 saturated carbocycles. The van der Waals surface area contributed by atoms with Crippen LogP contribution in [0.5, 0.6) is 0 Å². The summed E-state index contributed by atoms with van der Waals surface area (Å²) < 4.78 is 0. The highest BCUT2D eigenvalue weighted by atomic mass is 35.5. The number of rotatable bonds is 6. The molecule has 1 heterocycles. The first-order valence-corrected chi connectivity index (χ1v) is 10.0. The number of nitrogens with one attached hydrogen (secondary N) is 3. The van der Waals surface area contributed by atoms with Crippen LogP contribution < -0.4 is 16.0 Å². The van der Waals surface area contributed by atoms with Crippen LogP contribution in [0, 0.1) is 5.92 Å². The van der Waals surface area contributed by atoms with E-state index >= 15 is 0 Å². The fourth-order valence-electron chi connectivity index (χ4n) is 3.37. The average molecular weight is 436 g/mol. The summed E-state index contributed by atoms with van der Waals surface area (Å²) in [4.78, 5) is 25.7. The zero-order valence-corrected chi connectivity index (χ0v) is 17.9. The van der Waals surface area contributed by atoms with E-state index in [2.05, 4.69) is 22.9 Å². The maximum Gasteiger partial charge on any atom is 0.251 e. The molecule has 0 radical (unpaired) electrons. The number of carbonyl (C=O) groups is 2. The van der Waals surface area contributed by atoms with Gasteiger partial charge in [-0.05, 0) is 48.7 Å². The molecule has 29 heavy (non-hydrogen) atoms. The summed E-state index contributed by atoms with van der Waals surface area (Å²) in [6, 6.07) is 15.8. The van der Waals surface area contributed by atoms with Gasteiger partial charge in [-0.2, -0.15) is 0 Å². The van der Waals surface area contributed by atoms with Crippen molar-refractivity contribution in [1.82, 2.24) is 16.0 Å². The van der Waals surface area contributed by atoms with E-state index in [1.54, 1.807) is 24.3 Å². The van der Waals surface area contributed by atoms with Crippen LogP contribution in [0.25, 0.3) is 0 Å². The minimum atomic E-state index is -0.653. The third-order valence-electron chi connectivity index (χ3n) is 5.17. The number of benzene rings is 2. The second-order valence-corrected chi connectivity index (χ2v) is 7.74. The summed E-state index contributed by atoms with van der Waals surface area (Å²) in [5, 5.41) is 9.89. The summed E-state index contributed by atoms with van der Waals surface area (Å²) in [5.74, 6) is -0.0520. The number of carbonyl (C=O) groups excluding carboxylic acids is 2. The number of hydrogen-bond acceptors (Lipinski definition) is 3. The maximum atomic E-state index is 13.0. The van der Waals surface area contributed by atoms with Crippen LogP contribution in [0.4, 0.5) is 0 Å². The van der Waals surface area contributed by atoms with E-state index in [4.69, 9.17) is 11.6 Å². The lowest BCUT2D eigenvalue weighted by molar-refractivity contribution is -0.124. The Morgan fingerprint density at radius 2 is 1.83 bits per heavy atom. The Morgan fingerprint density at radius 1 is 1.14 bits per heavy atom. The van der Waals surface area contributed by atoms with Crippen molar-refractivity contribution in [3.63, 3.8) is 0 Å². The summed E-state index contributed by atoms with van der Waals surface area (Å²) >= 11 is 5.90. The Bertz CT molecular complexity index is 799. The summed E-state index contributed by atoms with van der Waals surface area (Å²) in [6.45, 7) is 3.86. The molecule has 0 aromatic heterocycles. The Balaban J connectivity index is 0.00000300. The van der Waals surface area contributed by atoms with Crippen molar-refractivity contribution < 1.29 is 9.59 Å². The third-order valence-corrected chi connectivity index (χ3v) is 5.42. The largest absolute Gasteiger partial charge is 0.350 e. The Labute approximate surface area is 183 Å². The van der Waals surface area contributed by atoms with Crippen LogP contribution in [0.3, 0.4) is 0 Å². The van der Waals surface area contributed by atoms with Crippen molar-refractivity contribution in [3.05, 3.63) is 70.7 Å². The van der Waals surface area contributed by atoms with Crippen molar-refractivity contribution in [3.8, 4) is 0 Å². The smallest absolute Gasteiger partial charge is 0.251 e. The lowest BCUT2D eigenvalue weighted by Gasteiger charge is -2.31. The quantitative estimate of drug-likeness (QED) is 0.652. The standard InChI is InChI=1S/C22H26ClN3O2.ClH/c1-15-11-12-24-14-20(15)26-22(28)19(13-16-5-3-2-4-6-16)25-21(27)17-7-9-18(23)10-8-17;/h2-10,15,19-20,24H,11-14H2,1H3,(H,25,27)(H,26,28);1H. The van der Waals surface area contributed by atoms with Gasteiger partial charge in [-0.1, -0.05) is 48.9 Å². The van der Waals surface area contributed by atoms with E-state index in [0.29, 0.717) is 22.9 Å². The van der Waals surface area contributed by atoms with Crippen molar-refractivity contribution in [2.45, 2.75) is 31.8 Å². The van der Waals surface area contributed by atoms with Gasteiger partial charge in [0, 0.05) is 29.6 Å². The van der Waals surface area contributed by atoms with Crippen LogP contribution in [-0.4, -0.2) is 37.0 Å². The second kappa shape index (κ2) is 11.2. The molecule has 3 atom stereocenters. The normalized spacial score (nSPS) is 19.5. The van der Waals surface area contributed by atoms with Gasteiger partial charge in [0.15, 0.2) is 0 Å². The molecule has 1 saturated heterocycles. The first kappa shape index (κ1) is 23.2. The highest BCUT2D eigenvalue weighted by Gasteiger charge is 2.27. The van der Waals surface area contributed by atoms with E-state index < -0.39 is 6.04 Å². The van der Waals surface area contributed by atoms with Crippen molar-refractivity contribution in [1.29, 1.82) is 0 Å². The Morgan fingerprint density at radius 3 is 2.48 bits per heavy atom. The third kappa shape index (κ3) is 6.74. The van der Waals surface area contributed by atoms with Crippen molar-refractivity contribution in [2.75, 3.05) is 13.1 Å². The van der Waals surface area contributed by atoms with Gasteiger partial charge in [0.1, 0.15) is 6.04 Å². The molecule has 7 heteroatoms. The molecule has 3 unspecified atom stereocenters. The first-order valence-electron chi connectivity index (χ1n) is 9.64. The fourth-order valence-corrected chi connectivity index (χ4v) is 3.49. The van der Waals surface area contributed by atoms with Gasteiger partial charge in [-0.25, -0.2) is 0 Å². The van der Waals surface area contributed by atoms with Gasteiger partial charge in [-0.15, -0.1) is 12.4 Å². The SMILES string of the molecule is CC1CCNCC1NC(=O)C(Cc1ccccc1)NC(=O)c1ccc(Cl)cc1.Cl. The van der Waals surface area contributed by atoms with E-state index in [1.165, 1.54) is 0 Å². The van der Waals surface area contributed by atoms with E-state index in [0.717, 1.165) is 25.1 Å². The van der Waals surface area contributed by atoms with E-state index in [9.17, 15) is 9.59 Å². The molecule has 156 valence electrons. The molecule has 3 rings (SSSR count). The zero-order valence-electron chi connectivity index (χ0n) is 16.4. The molecular formula is C22H27Cl2N3O2. The second-order valence-electron chi connectivity index (χ2n) is 7.31. The van der Waals surface area contributed by atoms with Gasteiger partial charge >= 0.3 is 0 Å². The molecule has 0 spiro atoms. The molecule has 1 aliphatic rings. The molecule has 2 aromatic carbocycles. The maximum absolute atomic E-state index is 13.0. The van der Waals surface area contributed by atoms with E-state index in [-0.39, 0.29) is 30.3 Å². The van der Waals surface area contributed by atoms with Crippen LogP contribution in [-0.2, 0) is 11.2 Å².